The van der Waals surface area contributed by atoms with Crippen LogP contribution in [0.1, 0.15) is 30.5 Å². The van der Waals surface area contributed by atoms with E-state index in [1.807, 2.05) is 42.7 Å². The number of nitrogens with one attached hydrogen (secondary N) is 1. The molecule has 8 heteroatoms. The van der Waals surface area contributed by atoms with Gasteiger partial charge in [0.25, 0.3) is 5.56 Å². The van der Waals surface area contributed by atoms with Crippen molar-refractivity contribution in [2.24, 2.45) is 5.92 Å². The fourth-order valence-electron chi connectivity index (χ4n) is 4.24. The fourth-order valence-corrected chi connectivity index (χ4v) is 5.77. The number of piperidine rings is 1. The Hall–Kier alpha value is -1.83. The van der Waals surface area contributed by atoms with Crippen molar-refractivity contribution in [3.63, 3.8) is 0 Å². The number of likely N-dealkylation sites (tertiary alicyclic amines) is 1. The SMILES string of the molecule is Cc1ccc(NC(=O)[C@@H](C)SC(=S)N2C[C@@H]3C[C@@H](C2)c2cccc(=O)n2C3)cc1Cl. The van der Waals surface area contributed by atoms with Crippen LogP contribution in [-0.4, -0.2) is 38.0 Å². The zero-order valence-corrected chi connectivity index (χ0v) is 19.3. The molecule has 5 nitrogen and oxygen atoms in total. The zero-order valence-electron chi connectivity index (χ0n) is 16.9. The van der Waals surface area contributed by atoms with Gasteiger partial charge in [-0.2, -0.15) is 0 Å². The summed E-state index contributed by atoms with van der Waals surface area (Å²) in [5, 5.41) is 3.22. The second kappa shape index (κ2) is 8.73. The van der Waals surface area contributed by atoms with Crippen LogP contribution in [0.5, 0.6) is 0 Å². The normalized spacial score (nSPS) is 21.0. The lowest BCUT2D eigenvalue weighted by molar-refractivity contribution is -0.115. The van der Waals surface area contributed by atoms with Gasteiger partial charge in [-0.15, -0.1) is 0 Å². The number of rotatable bonds is 3. The molecule has 1 amide bonds. The van der Waals surface area contributed by atoms with E-state index in [1.54, 1.807) is 12.1 Å². The Balaban J connectivity index is 1.39. The van der Waals surface area contributed by atoms with Crippen LogP contribution in [0, 0.1) is 12.8 Å². The molecule has 1 aromatic heterocycles. The lowest BCUT2D eigenvalue weighted by Crippen LogP contribution is -2.48. The second-order valence-corrected chi connectivity index (χ2v) is 10.5. The first-order chi connectivity index (χ1) is 14.3. The lowest BCUT2D eigenvalue weighted by atomic mass is 9.83. The summed E-state index contributed by atoms with van der Waals surface area (Å²) >= 11 is 13.3. The van der Waals surface area contributed by atoms with Crippen molar-refractivity contribution in [3.8, 4) is 0 Å². The Bertz CT molecular complexity index is 1050. The van der Waals surface area contributed by atoms with Gasteiger partial charge in [0.2, 0.25) is 5.91 Å². The molecule has 1 N–H and O–H groups in total. The van der Waals surface area contributed by atoms with Crippen LogP contribution >= 0.6 is 35.6 Å². The third-order valence-electron chi connectivity index (χ3n) is 5.82. The average molecular weight is 462 g/mol. The fraction of sp³-hybridized carbons (Fsp3) is 0.409. The van der Waals surface area contributed by atoms with Crippen molar-refractivity contribution in [2.45, 2.75) is 38.0 Å². The number of carbonyl (C=O) groups excluding carboxylic acids is 1. The van der Waals surface area contributed by atoms with E-state index in [4.69, 9.17) is 23.8 Å². The summed E-state index contributed by atoms with van der Waals surface area (Å²) in [5.41, 5.74) is 2.83. The molecular weight excluding hydrogens is 438 g/mol. The first-order valence-corrected chi connectivity index (χ1v) is 11.7. The summed E-state index contributed by atoms with van der Waals surface area (Å²) < 4.78 is 2.65. The number of amides is 1. The van der Waals surface area contributed by atoms with Gasteiger partial charge < -0.3 is 14.8 Å². The minimum absolute atomic E-state index is 0.0779. The van der Waals surface area contributed by atoms with Crippen molar-refractivity contribution >= 4 is 51.5 Å². The van der Waals surface area contributed by atoms with E-state index in [0.29, 0.717) is 22.5 Å². The number of benzene rings is 1. The third kappa shape index (κ3) is 4.43. The van der Waals surface area contributed by atoms with Crippen molar-refractivity contribution in [1.82, 2.24) is 9.47 Å². The number of halogens is 1. The highest BCUT2D eigenvalue weighted by molar-refractivity contribution is 8.23. The van der Waals surface area contributed by atoms with Crippen molar-refractivity contribution in [2.75, 3.05) is 18.4 Å². The van der Waals surface area contributed by atoms with E-state index in [1.165, 1.54) is 11.8 Å². The Morgan fingerprint density at radius 2 is 2.07 bits per heavy atom. The van der Waals surface area contributed by atoms with Crippen LogP contribution in [0.4, 0.5) is 5.69 Å². The largest absolute Gasteiger partial charge is 0.356 e. The standard InChI is InChI=1S/C22H24ClN3O2S2/c1-13-6-7-17(9-18(13)23)24-21(28)14(2)30-22(29)25-10-15-8-16(12-25)19-4-3-5-20(27)26(19)11-15/h3-7,9,14-16H,8,10-12H2,1-2H3,(H,24,28)/t14-,15+,16+/m1/s1. The monoisotopic (exact) mass is 461 g/mol. The number of pyridine rings is 1. The van der Waals surface area contributed by atoms with Crippen LogP contribution < -0.4 is 10.9 Å². The van der Waals surface area contributed by atoms with Gasteiger partial charge in [0, 0.05) is 48.0 Å². The molecule has 3 heterocycles. The molecule has 1 saturated heterocycles. The minimum Gasteiger partial charge on any atom is -0.356 e. The van der Waals surface area contributed by atoms with Gasteiger partial charge in [-0.3, -0.25) is 9.59 Å². The molecule has 2 aromatic rings. The molecule has 4 rings (SSSR count). The number of thiocarbonyl (C=S) groups is 1. The second-order valence-electron chi connectivity index (χ2n) is 8.08. The predicted molar refractivity (Wildman–Crippen MR) is 128 cm³/mol. The van der Waals surface area contributed by atoms with Crippen LogP contribution in [0.2, 0.25) is 5.02 Å². The van der Waals surface area contributed by atoms with Gasteiger partial charge in [0.15, 0.2) is 0 Å². The maximum atomic E-state index is 12.6. The average Bonchev–Trinajstić information content (AvgIpc) is 2.71. The number of fused-ring (bicyclic) bond motifs is 4. The van der Waals surface area contributed by atoms with E-state index in [0.717, 1.165) is 41.6 Å². The first kappa shape index (κ1) is 21.4. The molecule has 2 aliphatic heterocycles. The summed E-state index contributed by atoms with van der Waals surface area (Å²) in [6, 6.07) is 11.0. The molecule has 158 valence electrons. The number of carbonyl (C=O) groups is 1. The summed E-state index contributed by atoms with van der Waals surface area (Å²) in [6.45, 7) is 6.13. The summed E-state index contributed by atoms with van der Waals surface area (Å²) in [5.74, 6) is 0.592. The van der Waals surface area contributed by atoms with Gasteiger partial charge in [-0.1, -0.05) is 47.7 Å². The van der Waals surface area contributed by atoms with E-state index < -0.39 is 0 Å². The molecule has 2 bridgehead atoms. The van der Waals surface area contributed by atoms with E-state index in [-0.39, 0.29) is 16.7 Å². The van der Waals surface area contributed by atoms with Gasteiger partial charge in [0.1, 0.15) is 4.32 Å². The summed E-state index contributed by atoms with van der Waals surface area (Å²) in [7, 11) is 0. The number of hydrogen-bond acceptors (Lipinski definition) is 4. The summed E-state index contributed by atoms with van der Waals surface area (Å²) in [4.78, 5) is 27.0. The molecule has 0 saturated carbocycles. The first-order valence-electron chi connectivity index (χ1n) is 10.0. The predicted octanol–water partition coefficient (Wildman–Crippen LogP) is 4.27. The number of anilines is 1. The molecule has 1 aromatic carbocycles. The molecule has 3 atom stereocenters. The Morgan fingerprint density at radius 3 is 2.83 bits per heavy atom. The molecule has 0 unspecified atom stereocenters. The summed E-state index contributed by atoms with van der Waals surface area (Å²) in [6.07, 6.45) is 1.08. The number of hydrogen-bond donors (Lipinski definition) is 1. The number of thioether (sulfide) groups is 1. The maximum absolute atomic E-state index is 12.6. The van der Waals surface area contributed by atoms with Gasteiger partial charge >= 0.3 is 0 Å². The molecule has 0 radical (unpaired) electrons. The maximum Gasteiger partial charge on any atom is 0.250 e. The van der Waals surface area contributed by atoms with Gasteiger partial charge in [-0.05, 0) is 49.9 Å². The van der Waals surface area contributed by atoms with Gasteiger partial charge in [0.05, 0.1) is 5.25 Å². The number of nitrogens with zero attached hydrogens (tertiary/aromatic N) is 2. The van der Waals surface area contributed by atoms with Crippen molar-refractivity contribution < 1.29 is 4.79 Å². The van der Waals surface area contributed by atoms with Crippen LogP contribution in [0.25, 0.3) is 0 Å². The van der Waals surface area contributed by atoms with E-state index in [2.05, 4.69) is 10.2 Å². The Kier molecular flexibility index (Phi) is 6.23. The number of aromatic nitrogens is 1. The van der Waals surface area contributed by atoms with Crippen molar-refractivity contribution in [3.05, 3.63) is 63.0 Å². The zero-order chi connectivity index (χ0) is 21.4. The Morgan fingerprint density at radius 1 is 1.27 bits per heavy atom. The molecular formula is C22H24ClN3O2S2. The third-order valence-corrected chi connectivity index (χ3v) is 7.81. The van der Waals surface area contributed by atoms with E-state index in [9.17, 15) is 9.59 Å². The topological polar surface area (TPSA) is 54.3 Å². The quantitative estimate of drug-likeness (QED) is 0.691. The van der Waals surface area contributed by atoms with Crippen LogP contribution in [0.15, 0.2) is 41.2 Å². The molecule has 0 spiro atoms. The highest BCUT2D eigenvalue weighted by Crippen LogP contribution is 2.36. The molecule has 30 heavy (non-hydrogen) atoms. The van der Waals surface area contributed by atoms with E-state index >= 15 is 0 Å². The van der Waals surface area contributed by atoms with Gasteiger partial charge in [-0.25, -0.2) is 0 Å². The Labute approximate surface area is 190 Å². The highest BCUT2D eigenvalue weighted by atomic mass is 35.5. The molecule has 1 fully saturated rings. The molecule has 2 aliphatic rings. The highest BCUT2D eigenvalue weighted by Gasteiger charge is 2.35. The minimum atomic E-state index is -0.325. The van der Waals surface area contributed by atoms with Crippen LogP contribution in [0.3, 0.4) is 0 Å². The lowest BCUT2D eigenvalue weighted by Gasteiger charge is -2.43. The van der Waals surface area contributed by atoms with Crippen molar-refractivity contribution in [1.29, 1.82) is 0 Å². The smallest absolute Gasteiger partial charge is 0.250 e. The molecule has 0 aliphatic carbocycles. The van der Waals surface area contributed by atoms with Crippen LogP contribution in [-0.2, 0) is 11.3 Å². The number of aryl methyl sites for hydroxylation is 1.